The van der Waals surface area contributed by atoms with E-state index in [-0.39, 0.29) is 22.0 Å². The van der Waals surface area contributed by atoms with Crippen LogP contribution in [-0.2, 0) is 16.5 Å². The molecule has 0 heterocycles. The molecule has 0 N–H and O–H groups in total. The first-order chi connectivity index (χ1) is 10.9. The molecule has 0 spiro atoms. The van der Waals surface area contributed by atoms with Crippen molar-refractivity contribution in [1.82, 2.24) is 0 Å². The van der Waals surface area contributed by atoms with Gasteiger partial charge >= 0.3 is 0 Å². The van der Waals surface area contributed by atoms with Crippen LogP contribution in [0.15, 0.2) is 0 Å². The van der Waals surface area contributed by atoms with Gasteiger partial charge in [-0.3, -0.25) is 0 Å². The van der Waals surface area contributed by atoms with E-state index in [0.29, 0.717) is 0 Å². The van der Waals surface area contributed by atoms with Crippen LogP contribution in [0.4, 0.5) is 0 Å². The van der Waals surface area contributed by atoms with Crippen molar-refractivity contribution in [3.05, 3.63) is 0 Å². The molecule has 0 atom stereocenters. The summed E-state index contributed by atoms with van der Waals surface area (Å²) in [6, 6.07) is 0. The van der Waals surface area contributed by atoms with Crippen molar-refractivity contribution in [2.24, 2.45) is 0 Å². The van der Waals surface area contributed by atoms with Crippen LogP contribution in [0.1, 0.15) is 96.3 Å². The predicted octanol–water partition coefficient (Wildman–Crippen LogP) is 8.41. The Kier molecular flexibility index (Phi) is 11.4. The summed E-state index contributed by atoms with van der Waals surface area (Å²) < 4.78 is 0. The molecule has 0 unspecified atom stereocenters. The van der Waals surface area contributed by atoms with Gasteiger partial charge in [-0.05, 0) is 38.5 Å². The van der Waals surface area contributed by atoms with Crippen LogP contribution < -0.4 is 0 Å². The van der Waals surface area contributed by atoms with E-state index >= 15 is 0 Å². The average Bonchev–Trinajstić information content (AvgIpc) is 2.57. The second kappa shape index (κ2) is 12.4. The molecule has 138 valence electrons. The Balaban J connectivity index is 0.00000192. The third-order valence-corrected chi connectivity index (χ3v) is 17.1. The second-order valence-corrected chi connectivity index (χ2v) is 17.7. The Hall–Kier alpha value is 1.97. The van der Waals surface area contributed by atoms with E-state index < -0.39 is 0 Å². The van der Waals surface area contributed by atoms with Crippen LogP contribution >= 0.6 is 39.7 Å². The molecule has 5 heteroatoms. The van der Waals surface area contributed by atoms with Gasteiger partial charge in [0.1, 0.15) is 0 Å². The summed E-state index contributed by atoms with van der Waals surface area (Å²) in [4.78, 5) is 0. The Labute approximate surface area is 167 Å². The van der Waals surface area contributed by atoms with Gasteiger partial charge in [0, 0.05) is 32.2 Å². The molecular weight excluding hydrogens is 402 g/mol. The zero-order valence-electron chi connectivity index (χ0n) is 14.3. The van der Waals surface area contributed by atoms with Gasteiger partial charge in [-0.1, -0.05) is 57.8 Å². The van der Waals surface area contributed by atoms with Crippen molar-refractivity contribution >= 4 is 39.7 Å². The fraction of sp³-hybridized carbons (Fsp3) is 1.00. The quantitative estimate of drug-likeness (QED) is 0.304. The number of hydrogen-bond acceptors (Lipinski definition) is 3. The molecule has 3 fully saturated rings. The Morgan fingerprint density at radius 3 is 0.957 bits per heavy atom. The average molecular weight is 435 g/mol. The van der Waals surface area contributed by atoms with Crippen LogP contribution in [0.25, 0.3) is 0 Å². The first-order valence-corrected chi connectivity index (χ1v) is 15.5. The molecule has 0 saturated heterocycles. The van der Waals surface area contributed by atoms with E-state index in [4.69, 9.17) is 0 Å². The Bertz CT molecular complexity index is 253. The summed E-state index contributed by atoms with van der Waals surface area (Å²) in [5.74, 6) is 0. The SMILES string of the molecule is C1CCC(SP(SC2CCCCC2)SC2CCCCC2)CC1.[Ni]. The number of hydrogen-bond donors (Lipinski definition) is 0. The van der Waals surface area contributed by atoms with E-state index in [9.17, 15) is 0 Å². The molecule has 0 nitrogen and oxygen atoms in total. The molecule has 3 rings (SSSR count). The third kappa shape index (κ3) is 8.03. The van der Waals surface area contributed by atoms with Crippen molar-refractivity contribution < 1.29 is 16.5 Å². The molecular formula is C18H33NiPS3. The Morgan fingerprint density at radius 2 is 0.696 bits per heavy atom. The van der Waals surface area contributed by atoms with Gasteiger partial charge in [-0.25, -0.2) is 0 Å². The van der Waals surface area contributed by atoms with Gasteiger partial charge in [-0.2, -0.15) is 0 Å². The molecule has 0 aromatic rings. The van der Waals surface area contributed by atoms with E-state index in [2.05, 4.69) is 34.1 Å². The second-order valence-electron chi connectivity index (χ2n) is 7.32. The number of rotatable bonds is 6. The van der Waals surface area contributed by atoms with Crippen LogP contribution in [-0.4, -0.2) is 15.7 Å². The summed E-state index contributed by atoms with van der Waals surface area (Å²) in [5, 5.41) is 3.02. The molecule has 3 saturated carbocycles. The zero-order chi connectivity index (χ0) is 15.0. The fourth-order valence-electron chi connectivity index (χ4n) is 3.95. The molecule has 0 aliphatic heterocycles. The molecule has 0 radical (unpaired) electrons. The summed E-state index contributed by atoms with van der Waals surface area (Å²) in [6.45, 7) is 0. The molecule has 3 aliphatic carbocycles. The van der Waals surface area contributed by atoms with Crippen LogP contribution in [0, 0.1) is 0 Å². The van der Waals surface area contributed by atoms with Crippen LogP contribution in [0.2, 0.25) is 0 Å². The summed E-state index contributed by atoms with van der Waals surface area (Å²) in [7, 11) is 0. The summed E-state index contributed by atoms with van der Waals surface area (Å²) in [6.07, 6.45) is 22.6. The van der Waals surface area contributed by atoms with E-state index in [1.807, 2.05) is 0 Å². The smallest absolute Gasteiger partial charge is 0.0737 e. The molecule has 0 amide bonds. The molecule has 0 aromatic carbocycles. The molecule has 0 bridgehead atoms. The maximum Gasteiger partial charge on any atom is 0.0737 e. The minimum atomic E-state index is 0. The fourth-order valence-corrected chi connectivity index (χ4v) is 18.9. The monoisotopic (exact) mass is 434 g/mol. The van der Waals surface area contributed by atoms with Crippen LogP contribution in [0.5, 0.6) is 0 Å². The van der Waals surface area contributed by atoms with Gasteiger partial charge in [0.2, 0.25) is 0 Å². The Morgan fingerprint density at radius 1 is 0.435 bits per heavy atom. The zero-order valence-corrected chi connectivity index (χ0v) is 18.7. The third-order valence-electron chi connectivity index (χ3n) is 5.36. The van der Waals surface area contributed by atoms with Gasteiger partial charge in [0.05, 0.1) is 5.53 Å². The van der Waals surface area contributed by atoms with E-state index in [0.717, 1.165) is 15.7 Å². The van der Waals surface area contributed by atoms with E-state index in [1.54, 1.807) is 0 Å². The van der Waals surface area contributed by atoms with Crippen LogP contribution in [0.3, 0.4) is 0 Å². The minimum Gasteiger partial charge on any atom is -0.109 e. The normalized spacial score (nSPS) is 25.4. The molecule has 3 aliphatic rings. The topological polar surface area (TPSA) is 0 Å². The van der Waals surface area contributed by atoms with Crippen molar-refractivity contribution in [3.63, 3.8) is 0 Å². The summed E-state index contributed by atoms with van der Waals surface area (Å²) >= 11 is 7.33. The van der Waals surface area contributed by atoms with E-state index in [1.165, 1.54) is 96.3 Å². The largest absolute Gasteiger partial charge is 0.109 e. The first-order valence-electron chi connectivity index (χ1n) is 9.70. The molecule has 23 heavy (non-hydrogen) atoms. The van der Waals surface area contributed by atoms with Crippen molar-refractivity contribution in [3.8, 4) is 0 Å². The van der Waals surface area contributed by atoms with Gasteiger partial charge < -0.3 is 0 Å². The van der Waals surface area contributed by atoms with Crippen molar-refractivity contribution in [2.75, 3.05) is 0 Å². The minimum absolute atomic E-state index is 0. The van der Waals surface area contributed by atoms with Crippen molar-refractivity contribution in [1.29, 1.82) is 0 Å². The molecule has 0 aromatic heterocycles. The van der Waals surface area contributed by atoms with Gasteiger partial charge in [0.15, 0.2) is 0 Å². The summed E-state index contributed by atoms with van der Waals surface area (Å²) in [5.41, 5.74) is 0.121. The standard InChI is InChI=1S/C18H33PS3.Ni/c1-4-10-16(11-5-1)20-19(21-17-12-6-2-7-13-17)22-18-14-8-3-9-15-18;/h16-18H,1-15H2;. The maximum absolute atomic E-state index is 2.44. The van der Waals surface area contributed by atoms with Gasteiger partial charge in [-0.15, -0.1) is 34.1 Å². The van der Waals surface area contributed by atoms with Crippen molar-refractivity contribution in [2.45, 2.75) is 112 Å². The van der Waals surface area contributed by atoms with Gasteiger partial charge in [0.25, 0.3) is 0 Å². The maximum atomic E-state index is 2.44. The predicted molar refractivity (Wildman–Crippen MR) is 110 cm³/mol. The first kappa shape index (κ1) is 21.3.